The van der Waals surface area contributed by atoms with E-state index in [0.717, 1.165) is 39.5 Å². The molecule has 0 unspecified atom stereocenters. The molecule has 4 rings (SSSR count). The number of halogens is 4. The third kappa shape index (κ3) is 1.73. The molecule has 116 valence electrons. The largest absolute Gasteiger partial charge is 0.249 e. The summed E-state index contributed by atoms with van der Waals surface area (Å²) in [7, 11) is 0. The average molecular weight is 465 g/mol. The molecule has 1 saturated carbocycles. The predicted octanol–water partition coefficient (Wildman–Crippen LogP) is 5.86. The van der Waals surface area contributed by atoms with Crippen molar-refractivity contribution in [2.45, 2.75) is 31.1 Å². The molecule has 0 spiro atoms. The van der Waals surface area contributed by atoms with Crippen LogP contribution >= 0.6 is 55.1 Å². The van der Waals surface area contributed by atoms with Crippen LogP contribution in [-0.4, -0.2) is 20.6 Å². The molecule has 1 aromatic heterocycles. The van der Waals surface area contributed by atoms with E-state index in [1.807, 2.05) is 12.1 Å². The van der Waals surface area contributed by atoms with Gasteiger partial charge in [-0.1, -0.05) is 62.0 Å². The number of hydrogen-bond acceptors (Lipinski definition) is 2. The van der Waals surface area contributed by atoms with Gasteiger partial charge in [0.2, 0.25) is 0 Å². The molecule has 3 atom stereocenters. The van der Waals surface area contributed by atoms with Crippen LogP contribution in [0.3, 0.4) is 0 Å². The lowest BCUT2D eigenvalue weighted by atomic mass is 9.70. The lowest BCUT2D eigenvalue weighted by Gasteiger charge is -2.38. The Morgan fingerprint density at radius 2 is 1.77 bits per heavy atom. The molecule has 0 aliphatic heterocycles. The van der Waals surface area contributed by atoms with Crippen molar-refractivity contribution in [3.05, 3.63) is 33.6 Å². The van der Waals surface area contributed by atoms with Gasteiger partial charge >= 0.3 is 0 Å². The molecule has 2 nitrogen and oxygen atoms in total. The Morgan fingerprint density at radius 3 is 2.36 bits per heavy atom. The number of alkyl halides is 2. The minimum atomic E-state index is 0.0454. The minimum absolute atomic E-state index is 0.0454. The van der Waals surface area contributed by atoms with Crippen LogP contribution in [-0.2, 0) is 5.41 Å². The zero-order valence-electron chi connectivity index (χ0n) is 12.0. The molecular weight excluding hydrogens is 451 g/mol. The third-order valence-electron chi connectivity index (χ3n) is 5.74. The Hall–Kier alpha value is 0.1000. The van der Waals surface area contributed by atoms with E-state index < -0.39 is 0 Å². The fourth-order valence-electron chi connectivity index (χ4n) is 4.32. The van der Waals surface area contributed by atoms with Crippen LogP contribution in [0.15, 0.2) is 12.1 Å². The van der Waals surface area contributed by atoms with Crippen molar-refractivity contribution >= 4 is 66.1 Å². The summed E-state index contributed by atoms with van der Waals surface area (Å²) >= 11 is 19.8. The van der Waals surface area contributed by atoms with Crippen LogP contribution in [0.5, 0.6) is 0 Å². The van der Waals surface area contributed by atoms with Gasteiger partial charge in [-0.15, -0.1) is 0 Å². The van der Waals surface area contributed by atoms with Crippen molar-refractivity contribution in [2.75, 3.05) is 10.7 Å². The number of benzene rings is 1. The fourth-order valence-corrected chi connectivity index (χ4v) is 6.75. The number of fused-ring (bicyclic) bond motifs is 6. The Labute approximate surface area is 156 Å². The molecule has 1 fully saturated rings. The van der Waals surface area contributed by atoms with Crippen LogP contribution < -0.4 is 0 Å². The second-order valence-corrected chi connectivity index (χ2v) is 8.51. The Balaban J connectivity index is 2.04. The van der Waals surface area contributed by atoms with Crippen molar-refractivity contribution in [1.29, 1.82) is 0 Å². The highest BCUT2D eigenvalue weighted by atomic mass is 79.9. The lowest BCUT2D eigenvalue weighted by molar-refractivity contribution is 0.243. The zero-order chi connectivity index (χ0) is 15.7. The van der Waals surface area contributed by atoms with Gasteiger partial charge in [0, 0.05) is 22.0 Å². The Bertz CT molecular complexity index is 797. The van der Waals surface area contributed by atoms with E-state index in [0.29, 0.717) is 16.0 Å². The van der Waals surface area contributed by atoms with Crippen LogP contribution in [0.4, 0.5) is 0 Å². The average Bonchev–Trinajstić information content (AvgIpc) is 2.91. The first-order chi connectivity index (χ1) is 10.5. The molecule has 22 heavy (non-hydrogen) atoms. The van der Waals surface area contributed by atoms with Crippen molar-refractivity contribution in [2.24, 2.45) is 5.41 Å². The van der Waals surface area contributed by atoms with Crippen molar-refractivity contribution in [3.8, 4) is 0 Å². The highest BCUT2D eigenvalue weighted by molar-refractivity contribution is 9.09. The molecule has 0 N–H and O–H groups in total. The van der Waals surface area contributed by atoms with Crippen LogP contribution in [0.1, 0.15) is 37.1 Å². The van der Waals surface area contributed by atoms with Gasteiger partial charge in [0.25, 0.3) is 0 Å². The maximum absolute atomic E-state index is 6.15. The molecule has 2 aliphatic rings. The maximum Gasteiger partial charge on any atom is 0.0906 e. The minimum Gasteiger partial charge on any atom is -0.249 e. The predicted molar refractivity (Wildman–Crippen MR) is 98.9 cm³/mol. The summed E-state index contributed by atoms with van der Waals surface area (Å²) in [4.78, 5) is 9.90. The summed E-state index contributed by atoms with van der Waals surface area (Å²) in [6.45, 7) is 2.36. The standard InChI is InChI=1S/C16H14Br2Cl2N2/c1-15(6-17)8-2-3-16(15,7-18)14-13(8)21-11-4-9(19)10(20)5-12(11)22-14/h4-5,8H,2-3,6-7H2,1H3/t8-,15-,16-/m0/s1. The second kappa shape index (κ2) is 5.05. The Morgan fingerprint density at radius 1 is 1.14 bits per heavy atom. The summed E-state index contributed by atoms with van der Waals surface area (Å²) < 4.78 is 0. The maximum atomic E-state index is 6.15. The SMILES string of the molecule is C[C@]1(CBr)[C@H]2CC[C@]1(CBr)c1nc3cc(Cl)c(Cl)cc3nc12. The van der Waals surface area contributed by atoms with Gasteiger partial charge in [0.15, 0.2) is 0 Å². The molecule has 2 bridgehead atoms. The second-order valence-electron chi connectivity index (χ2n) is 6.57. The zero-order valence-corrected chi connectivity index (χ0v) is 16.7. The summed E-state index contributed by atoms with van der Waals surface area (Å²) in [5.41, 5.74) is 4.15. The van der Waals surface area contributed by atoms with Crippen LogP contribution in [0.25, 0.3) is 11.0 Å². The van der Waals surface area contributed by atoms with Gasteiger partial charge in [-0.2, -0.15) is 0 Å². The summed E-state index contributed by atoms with van der Waals surface area (Å²) in [5, 5.41) is 2.92. The first-order valence-electron chi connectivity index (χ1n) is 7.26. The number of aromatic nitrogens is 2. The van der Waals surface area contributed by atoms with E-state index in [1.54, 1.807) is 0 Å². The lowest BCUT2D eigenvalue weighted by Crippen LogP contribution is -2.40. The molecule has 0 amide bonds. The molecule has 2 aliphatic carbocycles. The molecule has 0 saturated heterocycles. The van der Waals surface area contributed by atoms with Gasteiger partial charge in [-0.3, -0.25) is 0 Å². The summed E-state index contributed by atoms with van der Waals surface area (Å²) in [6, 6.07) is 3.65. The number of nitrogens with zero attached hydrogens (tertiary/aromatic N) is 2. The van der Waals surface area contributed by atoms with Crippen LogP contribution in [0.2, 0.25) is 10.0 Å². The molecule has 1 heterocycles. The highest BCUT2D eigenvalue weighted by Gasteiger charge is 2.65. The van der Waals surface area contributed by atoms with E-state index in [1.165, 1.54) is 6.42 Å². The third-order valence-corrected chi connectivity index (χ3v) is 8.59. The van der Waals surface area contributed by atoms with Crippen molar-refractivity contribution < 1.29 is 0 Å². The summed E-state index contributed by atoms with van der Waals surface area (Å²) in [6.07, 6.45) is 2.32. The van der Waals surface area contributed by atoms with Crippen LogP contribution in [0, 0.1) is 5.41 Å². The molecule has 6 heteroatoms. The number of hydrogen-bond donors (Lipinski definition) is 0. The van der Waals surface area contributed by atoms with Gasteiger partial charge in [-0.05, 0) is 30.4 Å². The van der Waals surface area contributed by atoms with Crippen molar-refractivity contribution in [3.63, 3.8) is 0 Å². The normalized spacial score (nSPS) is 32.7. The van der Waals surface area contributed by atoms with E-state index >= 15 is 0 Å². The molecular formula is C16H14Br2Cl2N2. The van der Waals surface area contributed by atoms with E-state index in [2.05, 4.69) is 38.8 Å². The van der Waals surface area contributed by atoms with Crippen molar-refractivity contribution in [1.82, 2.24) is 9.97 Å². The quantitative estimate of drug-likeness (QED) is 0.520. The first kappa shape index (κ1) is 15.6. The first-order valence-corrected chi connectivity index (χ1v) is 10.3. The highest BCUT2D eigenvalue weighted by Crippen LogP contribution is 2.68. The Kier molecular flexibility index (Phi) is 3.58. The topological polar surface area (TPSA) is 25.8 Å². The monoisotopic (exact) mass is 462 g/mol. The molecule has 1 aromatic carbocycles. The molecule has 2 aromatic rings. The fraction of sp³-hybridized carbons (Fsp3) is 0.500. The van der Waals surface area contributed by atoms with Gasteiger partial charge in [-0.25, -0.2) is 9.97 Å². The molecule has 0 radical (unpaired) electrons. The van der Waals surface area contributed by atoms with Gasteiger partial charge in [0.05, 0.1) is 32.5 Å². The number of rotatable bonds is 2. The summed E-state index contributed by atoms with van der Waals surface area (Å²) in [5.74, 6) is 0.450. The van der Waals surface area contributed by atoms with Gasteiger partial charge in [0.1, 0.15) is 0 Å². The van der Waals surface area contributed by atoms with E-state index in [-0.39, 0.29) is 10.8 Å². The van der Waals surface area contributed by atoms with Gasteiger partial charge < -0.3 is 0 Å². The van der Waals surface area contributed by atoms with E-state index in [9.17, 15) is 0 Å². The van der Waals surface area contributed by atoms with E-state index in [4.69, 9.17) is 33.2 Å². The smallest absolute Gasteiger partial charge is 0.0906 e.